The van der Waals surface area contributed by atoms with Gasteiger partial charge in [-0.05, 0) is 36.2 Å². The zero-order valence-corrected chi connectivity index (χ0v) is 17.5. The molecular weight excluding hydrogens is 435 g/mol. The summed E-state index contributed by atoms with van der Waals surface area (Å²) in [4.78, 5) is 15.8. The van der Waals surface area contributed by atoms with Crippen molar-refractivity contribution in [3.8, 4) is 11.5 Å². The Morgan fingerprint density at radius 3 is 2.48 bits per heavy atom. The van der Waals surface area contributed by atoms with E-state index in [0.29, 0.717) is 22.7 Å². The summed E-state index contributed by atoms with van der Waals surface area (Å²) in [5.41, 5.74) is 1.36. The summed E-state index contributed by atoms with van der Waals surface area (Å²) in [6, 6.07) is 9.17. The normalized spacial score (nSPS) is 11.1. The largest absolute Gasteiger partial charge is 0.481 e. The first-order valence-corrected chi connectivity index (χ1v) is 9.74. The predicted octanol–water partition coefficient (Wildman–Crippen LogP) is 5.33. The van der Waals surface area contributed by atoms with Gasteiger partial charge in [0.05, 0.1) is 12.5 Å². The third kappa shape index (κ3) is 5.19. The first-order valence-electron chi connectivity index (χ1n) is 9.36. The van der Waals surface area contributed by atoms with Crippen LogP contribution < -0.4 is 9.47 Å². The first kappa shape index (κ1) is 22.7. The minimum atomic E-state index is -3.17. The van der Waals surface area contributed by atoms with Crippen molar-refractivity contribution in [3.05, 3.63) is 64.1 Å². The standard InChI is InChI=1S/C22H19ClF3NO4/c1-3-16-14(10-12-4-6-13(23)7-5-12)21(31-22(25)26)19-17(30-11-18(28)29-2)9-8-15(24)20(19)27-16/h4-9,22H,3,10-11H2,1-2H3. The highest BCUT2D eigenvalue weighted by atomic mass is 35.5. The van der Waals surface area contributed by atoms with Crippen LogP contribution in [0, 0.1) is 5.82 Å². The Labute approximate surface area is 181 Å². The van der Waals surface area contributed by atoms with Gasteiger partial charge in [0.25, 0.3) is 0 Å². The molecule has 5 nitrogen and oxygen atoms in total. The molecule has 0 fully saturated rings. The van der Waals surface area contributed by atoms with Gasteiger partial charge in [-0.3, -0.25) is 0 Å². The number of halogens is 4. The van der Waals surface area contributed by atoms with Gasteiger partial charge in [0, 0.05) is 22.7 Å². The molecule has 0 aliphatic carbocycles. The number of ether oxygens (including phenoxy) is 3. The van der Waals surface area contributed by atoms with E-state index in [9.17, 15) is 18.0 Å². The van der Waals surface area contributed by atoms with Crippen molar-refractivity contribution in [1.29, 1.82) is 0 Å². The van der Waals surface area contributed by atoms with Crippen LogP contribution in [0.4, 0.5) is 13.2 Å². The number of aromatic nitrogens is 1. The maximum absolute atomic E-state index is 14.6. The molecule has 164 valence electrons. The third-order valence-corrected chi connectivity index (χ3v) is 4.85. The Morgan fingerprint density at radius 2 is 1.87 bits per heavy atom. The summed E-state index contributed by atoms with van der Waals surface area (Å²) in [7, 11) is 1.18. The topological polar surface area (TPSA) is 57.7 Å². The van der Waals surface area contributed by atoms with Crippen molar-refractivity contribution in [2.75, 3.05) is 13.7 Å². The van der Waals surface area contributed by atoms with Crippen LogP contribution in [0.1, 0.15) is 23.7 Å². The van der Waals surface area contributed by atoms with Crippen LogP contribution in [0.15, 0.2) is 36.4 Å². The van der Waals surface area contributed by atoms with Crippen molar-refractivity contribution in [2.45, 2.75) is 26.4 Å². The molecule has 1 heterocycles. The van der Waals surface area contributed by atoms with Crippen LogP contribution >= 0.6 is 11.6 Å². The van der Waals surface area contributed by atoms with Gasteiger partial charge in [0.15, 0.2) is 6.61 Å². The van der Waals surface area contributed by atoms with Gasteiger partial charge in [-0.1, -0.05) is 30.7 Å². The van der Waals surface area contributed by atoms with E-state index < -0.39 is 25.0 Å². The second-order valence-electron chi connectivity index (χ2n) is 6.54. The SMILES string of the molecule is CCc1nc2c(F)ccc(OCC(=O)OC)c2c(OC(F)F)c1Cc1ccc(Cl)cc1. The maximum atomic E-state index is 14.6. The second-order valence-corrected chi connectivity index (χ2v) is 6.97. The highest BCUT2D eigenvalue weighted by Crippen LogP contribution is 2.40. The van der Waals surface area contributed by atoms with Crippen LogP contribution in [-0.4, -0.2) is 31.3 Å². The number of pyridine rings is 1. The van der Waals surface area contributed by atoms with E-state index in [1.165, 1.54) is 13.2 Å². The van der Waals surface area contributed by atoms with Gasteiger partial charge in [-0.15, -0.1) is 0 Å². The number of nitrogens with zero attached hydrogens (tertiary/aromatic N) is 1. The molecule has 0 atom stereocenters. The Kier molecular flexibility index (Phi) is 7.22. The summed E-state index contributed by atoms with van der Waals surface area (Å²) in [5.74, 6) is -1.68. The molecule has 0 aliphatic heterocycles. The fraction of sp³-hybridized carbons (Fsp3) is 0.273. The summed E-state index contributed by atoms with van der Waals surface area (Å²) in [6.07, 6.45) is 0.545. The number of carbonyl (C=O) groups is 1. The van der Waals surface area contributed by atoms with Gasteiger partial charge in [-0.25, -0.2) is 14.2 Å². The molecule has 0 aliphatic rings. The molecule has 0 amide bonds. The lowest BCUT2D eigenvalue weighted by Crippen LogP contribution is -2.14. The number of benzene rings is 2. The quantitative estimate of drug-likeness (QED) is 0.431. The van der Waals surface area contributed by atoms with Crippen molar-refractivity contribution in [3.63, 3.8) is 0 Å². The third-order valence-electron chi connectivity index (χ3n) is 4.60. The second kappa shape index (κ2) is 9.87. The molecule has 31 heavy (non-hydrogen) atoms. The van der Waals surface area contributed by atoms with Crippen LogP contribution in [-0.2, 0) is 22.4 Å². The number of carbonyl (C=O) groups excluding carboxylic acids is 1. The molecule has 0 N–H and O–H groups in total. The van der Waals surface area contributed by atoms with Crippen molar-refractivity contribution >= 4 is 28.5 Å². The van der Waals surface area contributed by atoms with E-state index in [-0.39, 0.29) is 28.8 Å². The predicted molar refractivity (Wildman–Crippen MR) is 109 cm³/mol. The molecular formula is C22H19ClF3NO4. The van der Waals surface area contributed by atoms with E-state index >= 15 is 0 Å². The van der Waals surface area contributed by atoms with Crippen LogP contribution in [0.25, 0.3) is 10.9 Å². The summed E-state index contributed by atoms with van der Waals surface area (Å²) in [5, 5.41) is 0.450. The van der Waals surface area contributed by atoms with E-state index in [0.717, 1.165) is 11.6 Å². The lowest BCUT2D eigenvalue weighted by molar-refractivity contribution is -0.142. The van der Waals surface area contributed by atoms with Crippen molar-refractivity contribution < 1.29 is 32.2 Å². The summed E-state index contributed by atoms with van der Waals surface area (Å²) >= 11 is 5.93. The van der Waals surface area contributed by atoms with Gasteiger partial charge in [0.2, 0.25) is 0 Å². The number of hydrogen-bond acceptors (Lipinski definition) is 5. The highest BCUT2D eigenvalue weighted by molar-refractivity contribution is 6.30. The Bertz CT molecular complexity index is 1090. The van der Waals surface area contributed by atoms with Crippen LogP contribution in [0.2, 0.25) is 5.02 Å². The monoisotopic (exact) mass is 453 g/mol. The molecule has 0 bridgehead atoms. The van der Waals surface area contributed by atoms with Crippen LogP contribution in [0.3, 0.4) is 0 Å². The van der Waals surface area contributed by atoms with E-state index in [4.69, 9.17) is 21.1 Å². The van der Waals surface area contributed by atoms with E-state index in [2.05, 4.69) is 9.72 Å². The van der Waals surface area contributed by atoms with Gasteiger partial charge in [0.1, 0.15) is 22.8 Å². The molecule has 0 spiro atoms. The number of esters is 1. The highest BCUT2D eigenvalue weighted by Gasteiger charge is 2.24. The number of hydrogen-bond donors (Lipinski definition) is 0. The van der Waals surface area contributed by atoms with Gasteiger partial charge >= 0.3 is 12.6 Å². The number of rotatable bonds is 8. The Hall–Kier alpha value is -3.00. The Morgan fingerprint density at radius 1 is 1.16 bits per heavy atom. The lowest BCUT2D eigenvalue weighted by Gasteiger charge is -2.19. The van der Waals surface area contributed by atoms with Gasteiger partial charge < -0.3 is 14.2 Å². The number of alkyl halides is 2. The molecule has 9 heteroatoms. The molecule has 3 rings (SSSR count). The molecule has 3 aromatic rings. The molecule has 0 unspecified atom stereocenters. The minimum Gasteiger partial charge on any atom is -0.481 e. The average Bonchev–Trinajstić information content (AvgIpc) is 2.75. The average molecular weight is 454 g/mol. The fourth-order valence-corrected chi connectivity index (χ4v) is 3.30. The van der Waals surface area contributed by atoms with Crippen LogP contribution in [0.5, 0.6) is 11.5 Å². The van der Waals surface area contributed by atoms with Crippen molar-refractivity contribution in [1.82, 2.24) is 4.98 Å². The maximum Gasteiger partial charge on any atom is 0.387 e. The Balaban J connectivity index is 2.24. The lowest BCUT2D eigenvalue weighted by atomic mass is 9.98. The summed E-state index contributed by atoms with van der Waals surface area (Å²) < 4.78 is 56.2. The number of methoxy groups -OCH3 is 1. The number of aryl methyl sites for hydroxylation is 1. The smallest absolute Gasteiger partial charge is 0.387 e. The minimum absolute atomic E-state index is 0.0232. The first-order chi connectivity index (χ1) is 14.8. The number of fused-ring (bicyclic) bond motifs is 1. The molecule has 0 saturated carbocycles. The van der Waals surface area contributed by atoms with Gasteiger partial charge in [-0.2, -0.15) is 8.78 Å². The zero-order valence-electron chi connectivity index (χ0n) is 16.8. The van der Waals surface area contributed by atoms with E-state index in [1.807, 2.05) is 0 Å². The molecule has 1 aromatic heterocycles. The van der Waals surface area contributed by atoms with Crippen molar-refractivity contribution in [2.24, 2.45) is 0 Å². The molecule has 2 aromatic carbocycles. The molecule has 0 saturated heterocycles. The fourth-order valence-electron chi connectivity index (χ4n) is 3.18. The van der Waals surface area contributed by atoms with E-state index in [1.54, 1.807) is 31.2 Å². The zero-order chi connectivity index (χ0) is 22.5. The molecule has 0 radical (unpaired) electrons. The summed E-state index contributed by atoms with van der Waals surface area (Å²) in [6.45, 7) is -1.88.